The van der Waals surface area contributed by atoms with Crippen molar-refractivity contribution >= 4 is 22.6 Å². The molecule has 2 aliphatic rings. The van der Waals surface area contributed by atoms with Crippen LogP contribution in [0.15, 0.2) is 66.2 Å². The number of amides is 1. The Bertz CT molecular complexity index is 1100. The Morgan fingerprint density at radius 3 is 2.63 bits per heavy atom. The van der Waals surface area contributed by atoms with Crippen molar-refractivity contribution in [2.75, 3.05) is 4.90 Å². The monoisotopic (exact) mass is 403 g/mol. The second kappa shape index (κ2) is 7.52. The smallest absolute Gasteiger partial charge is 0.293 e. The molecule has 0 radical (unpaired) electrons. The van der Waals surface area contributed by atoms with Gasteiger partial charge in [0.1, 0.15) is 5.75 Å². The van der Waals surface area contributed by atoms with Gasteiger partial charge in [0.15, 0.2) is 5.76 Å². The molecule has 1 unspecified atom stereocenters. The van der Waals surface area contributed by atoms with Gasteiger partial charge >= 0.3 is 0 Å². The lowest BCUT2D eigenvalue weighted by Crippen LogP contribution is -2.42. The summed E-state index contributed by atoms with van der Waals surface area (Å²) in [7, 11) is 0. The molecule has 0 spiro atoms. The Hall–Kier alpha value is -3.28. The number of ether oxygens (including phenoxy) is 1. The van der Waals surface area contributed by atoms with Crippen molar-refractivity contribution < 1.29 is 14.6 Å². The van der Waals surface area contributed by atoms with Gasteiger partial charge in [0, 0.05) is 5.69 Å². The van der Waals surface area contributed by atoms with Crippen molar-refractivity contribution in [1.82, 2.24) is 9.97 Å². The Labute approximate surface area is 175 Å². The summed E-state index contributed by atoms with van der Waals surface area (Å²) >= 11 is 0. The van der Waals surface area contributed by atoms with E-state index in [1.54, 1.807) is 11.2 Å². The van der Waals surface area contributed by atoms with E-state index in [1.165, 1.54) is 0 Å². The van der Waals surface area contributed by atoms with Crippen LogP contribution in [-0.4, -0.2) is 33.1 Å². The molecule has 0 saturated heterocycles. The Morgan fingerprint density at radius 2 is 1.87 bits per heavy atom. The summed E-state index contributed by atoms with van der Waals surface area (Å²) in [5.41, 5.74) is 3.28. The normalized spacial score (nSPS) is 24.6. The van der Waals surface area contributed by atoms with Crippen LogP contribution >= 0.6 is 0 Å². The summed E-state index contributed by atoms with van der Waals surface area (Å²) in [4.78, 5) is 22.0. The van der Waals surface area contributed by atoms with E-state index in [1.807, 2.05) is 55.5 Å². The molecule has 1 amide bonds. The van der Waals surface area contributed by atoms with Crippen LogP contribution in [0.2, 0.25) is 0 Å². The van der Waals surface area contributed by atoms with Gasteiger partial charge < -0.3 is 14.8 Å². The first-order chi connectivity index (χ1) is 14.6. The number of aliphatic hydroxyl groups is 1. The van der Waals surface area contributed by atoms with E-state index >= 15 is 0 Å². The Balaban J connectivity index is 1.36. The Morgan fingerprint density at radius 1 is 1.10 bits per heavy atom. The first kappa shape index (κ1) is 18.7. The number of nitrogens with zero attached hydrogens (tertiary/aromatic N) is 2. The number of hydrogen-bond acceptors (Lipinski definition) is 4. The number of rotatable bonds is 4. The summed E-state index contributed by atoms with van der Waals surface area (Å²) < 4.78 is 6.13. The zero-order valence-corrected chi connectivity index (χ0v) is 16.9. The van der Waals surface area contributed by atoms with Gasteiger partial charge in [0.05, 0.1) is 29.5 Å². The van der Waals surface area contributed by atoms with E-state index < -0.39 is 0 Å². The van der Waals surface area contributed by atoms with Crippen LogP contribution in [0.4, 0.5) is 5.69 Å². The molecule has 6 nitrogen and oxygen atoms in total. The highest BCUT2D eigenvalue weighted by Crippen LogP contribution is 2.40. The molecule has 1 atom stereocenters. The molecule has 6 heteroatoms. The van der Waals surface area contributed by atoms with Gasteiger partial charge in [0.2, 0.25) is 0 Å². The number of aromatic amines is 1. The van der Waals surface area contributed by atoms with E-state index in [9.17, 15) is 9.90 Å². The highest BCUT2D eigenvalue weighted by molar-refractivity contribution is 6.09. The van der Waals surface area contributed by atoms with Gasteiger partial charge in [-0.05, 0) is 74.4 Å². The number of hydrogen-bond donors (Lipinski definition) is 2. The van der Waals surface area contributed by atoms with E-state index in [0.717, 1.165) is 53.7 Å². The van der Waals surface area contributed by atoms with Crippen LogP contribution in [-0.2, 0) is 4.79 Å². The van der Waals surface area contributed by atoms with Gasteiger partial charge in [-0.2, -0.15) is 0 Å². The number of nitrogens with one attached hydrogen (secondary N) is 1. The number of anilines is 1. The maximum Gasteiger partial charge on any atom is 0.293 e. The molecule has 3 aromatic rings. The fourth-order valence-corrected chi connectivity index (χ4v) is 4.87. The minimum atomic E-state index is -0.320. The van der Waals surface area contributed by atoms with Gasteiger partial charge in [-0.25, -0.2) is 4.98 Å². The molecule has 1 aliphatic carbocycles. The molecule has 1 aromatic heterocycles. The first-order valence-corrected chi connectivity index (χ1v) is 10.5. The van der Waals surface area contributed by atoms with E-state index in [2.05, 4.69) is 9.97 Å². The minimum Gasteiger partial charge on any atom is -0.503 e. The van der Waals surface area contributed by atoms with Crippen molar-refractivity contribution in [2.24, 2.45) is 5.92 Å². The summed E-state index contributed by atoms with van der Waals surface area (Å²) in [6.45, 7) is 1.87. The lowest BCUT2D eigenvalue weighted by atomic mass is 9.80. The lowest BCUT2D eigenvalue weighted by molar-refractivity contribution is -0.117. The van der Waals surface area contributed by atoms with Crippen molar-refractivity contribution in [3.8, 4) is 5.75 Å². The second-order valence-electron chi connectivity index (χ2n) is 8.22. The molecule has 2 heterocycles. The maximum absolute atomic E-state index is 12.9. The molecule has 30 heavy (non-hydrogen) atoms. The number of H-pyrrole nitrogens is 1. The van der Waals surface area contributed by atoms with Crippen LogP contribution in [0.3, 0.4) is 0 Å². The molecule has 5 rings (SSSR count). The number of fused-ring (bicyclic) bond motifs is 1. The highest BCUT2D eigenvalue weighted by atomic mass is 16.5. The second-order valence-corrected chi connectivity index (χ2v) is 8.22. The quantitative estimate of drug-likeness (QED) is 0.659. The van der Waals surface area contributed by atoms with E-state index in [4.69, 9.17) is 4.74 Å². The molecule has 1 fully saturated rings. The average Bonchev–Trinajstić information content (AvgIpc) is 3.33. The predicted octanol–water partition coefficient (Wildman–Crippen LogP) is 4.75. The number of carbonyl (C=O) groups excluding carboxylic acids is 1. The molecular formula is C24H25N3O3. The van der Waals surface area contributed by atoms with Gasteiger partial charge in [-0.1, -0.05) is 18.2 Å². The third-order valence-electron chi connectivity index (χ3n) is 6.41. The third kappa shape index (κ3) is 3.22. The molecule has 2 N–H and O–H groups in total. The molecule has 1 saturated carbocycles. The zero-order chi connectivity index (χ0) is 20.7. The largest absolute Gasteiger partial charge is 0.503 e. The topological polar surface area (TPSA) is 78.5 Å². The van der Waals surface area contributed by atoms with Gasteiger partial charge in [-0.15, -0.1) is 0 Å². The fourth-order valence-electron chi connectivity index (χ4n) is 4.87. The van der Waals surface area contributed by atoms with Crippen LogP contribution in [0, 0.1) is 5.92 Å². The van der Waals surface area contributed by atoms with Crippen molar-refractivity contribution in [3.63, 3.8) is 0 Å². The van der Waals surface area contributed by atoms with Crippen molar-refractivity contribution in [3.05, 3.63) is 66.2 Å². The summed E-state index contributed by atoms with van der Waals surface area (Å²) in [6.07, 6.45) is 5.60. The summed E-state index contributed by atoms with van der Waals surface area (Å²) in [6, 6.07) is 15.5. The van der Waals surface area contributed by atoms with E-state index in [0.29, 0.717) is 0 Å². The van der Waals surface area contributed by atoms with Crippen LogP contribution in [0.25, 0.3) is 11.0 Å². The maximum atomic E-state index is 12.9. The minimum absolute atomic E-state index is 0.118. The fraction of sp³-hybridized carbons (Fsp3) is 0.333. The van der Waals surface area contributed by atoms with Crippen LogP contribution < -0.4 is 9.64 Å². The average molecular weight is 403 g/mol. The zero-order valence-electron chi connectivity index (χ0n) is 16.9. The number of benzene rings is 2. The third-order valence-corrected chi connectivity index (χ3v) is 6.41. The number of aliphatic hydroxyl groups excluding tert-OH is 1. The predicted molar refractivity (Wildman–Crippen MR) is 116 cm³/mol. The van der Waals surface area contributed by atoms with Crippen LogP contribution in [0.5, 0.6) is 5.75 Å². The number of imidazole rings is 1. The number of para-hydroxylation sites is 1. The number of aromatic nitrogens is 2. The van der Waals surface area contributed by atoms with Gasteiger partial charge in [-0.3, -0.25) is 9.69 Å². The first-order valence-electron chi connectivity index (χ1n) is 10.5. The molecule has 2 aromatic carbocycles. The van der Waals surface area contributed by atoms with Gasteiger partial charge in [0.25, 0.3) is 5.91 Å². The molecule has 154 valence electrons. The highest BCUT2D eigenvalue weighted by Gasteiger charge is 2.43. The van der Waals surface area contributed by atoms with Crippen LogP contribution in [0.1, 0.15) is 32.6 Å². The molecule has 0 bridgehead atoms. The summed E-state index contributed by atoms with van der Waals surface area (Å²) in [5, 5.41) is 10.5. The molecule has 1 aliphatic heterocycles. The van der Waals surface area contributed by atoms with Crippen molar-refractivity contribution in [1.29, 1.82) is 0 Å². The standard InChI is InChI=1S/C24H25N3O3/c1-15-22(16-7-10-19(11-8-16)30-18-5-3-2-4-6-18)27(24(29)23(15)28)17-9-12-20-21(13-17)26-14-25-20/h2-6,9,12-14,16,19,22,28H,7-8,10-11H2,1H3,(H,25,26). The van der Waals surface area contributed by atoms with Crippen molar-refractivity contribution in [2.45, 2.75) is 44.8 Å². The van der Waals surface area contributed by atoms with E-state index in [-0.39, 0.29) is 29.7 Å². The molecular weight excluding hydrogens is 378 g/mol. The lowest BCUT2D eigenvalue weighted by Gasteiger charge is -2.37. The number of carbonyl (C=O) groups is 1. The Kier molecular flexibility index (Phi) is 4.69. The SMILES string of the molecule is CC1=C(O)C(=O)N(c2ccc3nc[nH]c3c2)C1C1CCC(Oc2ccccc2)CC1. The summed E-state index contributed by atoms with van der Waals surface area (Å²) in [5.74, 6) is 0.748.